The van der Waals surface area contributed by atoms with E-state index in [1.807, 2.05) is 19.1 Å². The number of carbonyl (C=O) groups is 1. The average Bonchev–Trinajstić information content (AvgIpc) is 2.33. The van der Waals surface area contributed by atoms with Gasteiger partial charge >= 0.3 is 0 Å². The summed E-state index contributed by atoms with van der Waals surface area (Å²) in [5.74, 6) is -0.000275. The first-order valence-electron chi connectivity index (χ1n) is 6.74. The van der Waals surface area contributed by atoms with Crippen LogP contribution in [0, 0.1) is 6.92 Å². The van der Waals surface area contributed by atoms with Crippen LogP contribution in [0.5, 0.6) is 0 Å². The fourth-order valence-corrected chi connectivity index (χ4v) is 1.85. The molecule has 1 aromatic carbocycles. The quantitative estimate of drug-likeness (QED) is 0.829. The van der Waals surface area contributed by atoms with Gasteiger partial charge in [0.05, 0.1) is 0 Å². The molecule has 0 radical (unpaired) electrons. The predicted octanol–water partition coefficient (Wildman–Crippen LogP) is 3.06. The number of nitrogens with one attached hydrogen (secondary N) is 1. The second-order valence-electron chi connectivity index (χ2n) is 5.88. The summed E-state index contributed by atoms with van der Waals surface area (Å²) in [6.45, 7) is 9.73. The van der Waals surface area contributed by atoms with Crippen molar-refractivity contribution in [2.45, 2.75) is 39.5 Å². The van der Waals surface area contributed by atoms with Gasteiger partial charge in [-0.05, 0) is 36.0 Å². The summed E-state index contributed by atoms with van der Waals surface area (Å²) in [7, 11) is 1.67. The molecule has 0 aliphatic rings. The summed E-state index contributed by atoms with van der Waals surface area (Å²) < 4.78 is 4.97. The zero-order chi connectivity index (χ0) is 14.5. The zero-order valence-electron chi connectivity index (χ0n) is 12.7. The number of methoxy groups -OCH3 is 1. The molecule has 0 unspecified atom stereocenters. The standard InChI is InChI=1S/C16H25NO2/c1-12-7-8-13(16(2,3)4)11-14(12)15(18)17-9-6-10-19-5/h7-8,11H,6,9-10H2,1-5H3,(H,17,18). The Morgan fingerprint density at radius 2 is 2.00 bits per heavy atom. The van der Waals surface area contributed by atoms with E-state index in [2.05, 4.69) is 32.2 Å². The predicted molar refractivity (Wildman–Crippen MR) is 78.7 cm³/mol. The first-order valence-corrected chi connectivity index (χ1v) is 6.74. The van der Waals surface area contributed by atoms with Crippen molar-refractivity contribution in [3.8, 4) is 0 Å². The fourth-order valence-electron chi connectivity index (χ4n) is 1.85. The number of carbonyl (C=O) groups excluding carboxylic acids is 1. The van der Waals surface area contributed by atoms with E-state index in [4.69, 9.17) is 4.74 Å². The molecular formula is C16H25NO2. The van der Waals surface area contributed by atoms with Crippen molar-refractivity contribution in [2.24, 2.45) is 0 Å². The first kappa shape index (κ1) is 15.7. The minimum Gasteiger partial charge on any atom is -0.385 e. The molecule has 0 aliphatic carbocycles. The van der Waals surface area contributed by atoms with Crippen LogP contribution in [0.15, 0.2) is 18.2 Å². The zero-order valence-corrected chi connectivity index (χ0v) is 12.7. The molecule has 0 saturated heterocycles. The molecule has 0 aromatic heterocycles. The lowest BCUT2D eigenvalue weighted by atomic mass is 9.85. The second-order valence-corrected chi connectivity index (χ2v) is 5.88. The van der Waals surface area contributed by atoms with E-state index in [1.165, 1.54) is 5.56 Å². The maximum Gasteiger partial charge on any atom is 0.251 e. The van der Waals surface area contributed by atoms with Crippen LogP contribution in [-0.4, -0.2) is 26.2 Å². The molecule has 0 fully saturated rings. The number of rotatable bonds is 5. The van der Waals surface area contributed by atoms with E-state index in [1.54, 1.807) is 7.11 Å². The van der Waals surface area contributed by atoms with Crippen LogP contribution in [-0.2, 0) is 10.2 Å². The lowest BCUT2D eigenvalue weighted by molar-refractivity contribution is 0.0948. The van der Waals surface area contributed by atoms with Crippen molar-refractivity contribution in [3.05, 3.63) is 34.9 Å². The highest BCUT2D eigenvalue weighted by molar-refractivity contribution is 5.95. The van der Waals surface area contributed by atoms with Crippen molar-refractivity contribution in [3.63, 3.8) is 0 Å². The van der Waals surface area contributed by atoms with E-state index in [-0.39, 0.29) is 11.3 Å². The van der Waals surface area contributed by atoms with Gasteiger partial charge in [0, 0.05) is 25.8 Å². The summed E-state index contributed by atoms with van der Waals surface area (Å²) >= 11 is 0. The molecule has 106 valence electrons. The second kappa shape index (κ2) is 6.71. The van der Waals surface area contributed by atoms with Crippen LogP contribution in [0.25, 0.3) is 0 Å². The van der Waals surface area contributed by atoms with Gasteiger partial charge in [-0.1, -0.05) is 32.9 Å². The van der Waals surface area contributed by atoms with Crippen LogP contribution in [0.1, 0.15) is 48.7 Å². The highest BCUT2D eigenvalue weighted by atomic mass is 16.5. The maximum absolute atomic E-state index is 12.2. The van der Waals surface area contributed by atoms with Gasteiger partial charge in [0.1, 0.15) is 0 Å². The van der Waals surface area contributed by atoms with Gasteiger partial charge in [0.2, 0.25) is 0 Å². The van der Waals surface area contributed by atoms with Gasteiger partial charge in [-0.3, -0.25) is 4.79 Å². The molecule has 1 amide bonds. The monoisotopic (exact) mass is 263 g/mol. The van der Waals surface area contributed by atoms with E-state index in [0.29, 0.717) is 13.2 Å². The highest BCUT2D eigenvalue weighted by Crippen LogP contribution is 2.24. The Bertz CT molecular complexity index is 433. The lowest BCUT2D eigenvalue weighted by Gasteiger charge is -2.20. The number of aryl methyl sites for hydroxylation is 1. The molecule has 1 rings (SSSR count). The summed E-state index contributed by atoms with van der Waals surface area (Å²) in [5.41, 5.74) is 3.01. The minimum atomic E-state index is -0.000275. The summed E-state index contributed by atoms with van der Waals surface area (Å²) in [5, 5.41) is 2.93. The topological polar surface area (TPSA) is 38.3 Å². The highest BCUT2D eigenvalue weighted by Gasteiger charge is 2.17. The Kier molecular flexibility index (Phi) is 5.55. The summed E-state index contributed by atoms with van der Waals surface area (Å²) in [6.07, 6.45) is 0.834. The third-order valence-corrected chi connectivity index (χ3v) is 3.16. The SMILES string of the molecule is COCCCNC(=O)c1cc(C(C)(C)C)ccc1C. The Morgan fingerprint density at radius 3 is 2.58 bits per heavy atom. The van der Waals surface area contributed by atoms with Crippen molar-refractivity contribution in [1.82, 2.24) is 5.32 Å². The van der Waals surface area contributed by atoms with Gasteiger partial charge in [-0.2, -0.15) is 0 Å². The molecule has 0 aliphatic heterocycles. The van der Waals surface area contributed by atoms with Gasteiger partial charge in [0.15, 0.2) is 0 Å². The molecule has 0 atom stereocenters. The molecular weight excluding hydrogens is 238 g/mol. The smallest absolute Gasteiger partial charge is 0.251 e. The van der Waals surface area contributed by atoms with Crippen molar-refractivity contribution in [1.29, 1.82) is 0 Å². The van der Waals surface area contributed by atoms with E-state index >= 15 is 0 Å². The van der Waals surface area contributed by atoms with Crippen molar-refractivity contribution in [2.75, 3.05) is 20.3 Å². The molecule has 1 N–H and O–H groups in total. The number of amides is 1. The number of hydrogen-bond donors (Lipinski definition) is 1. The Hall–Kier alpha value is -1.35. The molecule has 0 bridgehead atoms. The first-order chi connectivity index (χ1) is 8.86. The van der Waals surface area contributed by atoms with Gasteiger partial charge in [0.25, 0.3) is 5.91 Å². The van der Waals surface area contributed by atoms with Crippen LogP contribution >= 0.6 is 0 Å². The largest absolute Gasteiger partial charge is 0.385 e. The molecule has 0 spiro atoms. The molecule has 0 saturated carbocycles. The van der Waals surface area contributed by atoms with Crippen LogP contribution in [0.2, 0.25) is 0 Å². The third-order valence-electron chi connectivity index (χ3n) is 3.16. The Labute approximate surface area is 116 Å². The van der Waals surface area contributed by atoms with Crippen LogP contribution in [0.4, 0.5) is 0 Å². The summed E-state index contributed by atoms with van der Waals surface area (Å²) in [4.78, 5) is 12.2. The molecule has 3 heteroatoms. The maximum atomic E-state index is 12.2. The summed E-state index contributed by atoms with van der Waals surface area (Å²) in [6, 6.07) is 6.11. The Morgan fingerprint density at radius 1 is 1.32 bits per heavy atom. The van der Waals surface area contributed by atoms with Crippen LogP contribution < -0.4 is 5.32 Å². The molecule has 19 heavy (non-hydrogen) atoms. The normalized spacial score (nSPS) is 11.4. The van der Waals surface area contributed by atoms with Gasteiger partial charge in [-0.15, -0.1) is 0 Å². The Balaban J connectivity index is 2.78. The molecule has 0 heterocycles. The van der Waals surface area contributed by atoms with Crippen molar-refractivity contribution < 1.29 is 9.53 Å². The van der Waals surface area contributed by atoms with Crippen molar-refractivity contribution >= 4 is 5.91 Å². The number of ether oxygens (including phenoxy) is 1. The third kappa shape index (κ3) is 4.67. The molecule has 3 nitrogen and oxygen atoms in total. The number of hydrogen-bond acceptors (Lipinski definition) is 2. The average molecular weight is 263 g/mol. The number of benzene rings is 1. The van der Waals surface area contributed by atoms with Crippen LogP contribution in [0.3, 0.4) is 0 Å². The van der Waals surface area contributed by atoms with E-state index in [0.717, 1.165) is 17.5 Å². The van der Waals surface area contributed by atoms with E-state index in [9.17, 15) is 4.79 Å². The van der Waals surface area contributed by atoms with E-state index < -0.39 is 0 Å². The minimum absolute atomic E-state index is 0.000275. The molecule has 1 aromatic rings. The fraction of sp³-hybridized carbons (Fsp3) is 0.562. The van der Waals surface area contributed by atoms with Gasteiger partial charge < -0.3 is 10.1 Å². The van der Waals surface area contributed by atoms with Gasteiger partial charge in [-0.25, -0.2) is 0 Å². The lowest BCUT2D eigenvalue weighted by Crippen LogP contribution is -2.26.